The number of nitrogens with one attached hydrogen (secondary N) is 2. The largest absolute Gasteiger partial charge is 0.493 e. The van der Waals surface area contributed by atoms with E-state index in [4.69, 9.17) is 9.47 Å². The highest BCUT2D eigenvalue weighted by atomic mass is 16.6. The van der Waals surface area contributed by atoms with E-state index in [0.717, 1.165) is 11.1 Å². The zero-order valence-corrected chi connectivity index (χ0v) is 19.1. The maximum atomic E-state index is 12.5. The number of esters is 1. The highest BCUT2D eigenvalue weighted by Crippen LogP contribution is 2.29. The van der Waals surface area contributed by atoms with Crippen LogP contribution in [0.1, 0.15) is 34.0 Å². The molecule has 0 heterocycles. The van der Waals surface area contributed by atoms with Gasteiger partial charge in [0.2, 0.25) is 0 Å². The van der Waals surface area contributed by atoms with E-state index in [0.29, 0.717) is 22.6 Å². The molecule has 0 aliphatic rings. The highest BCUT2D eigenvalue weighted by molar-refractivity contribution is 6.35. The molecular formula is C26H25N3O5. The van der Waals surface area contributed by atoms with Crippen molar-refractivity contribution < 1.29 is 23.9 Å². The first kappa shape index (κ1) is 24.2. The molecule has 0 bridgehead atoms. The molecule has 0 radical (unpaired) electrons. The summed E-state index contributed by atoms with van der Waals surface area (Å²) in [5.74, 6) is -1.62. The number of benzene rings is 3. The van der Waals surface area contributed by atoms with Gasteiger partial charge in [-0.1, -0.05) is 48.0 Å². The van der Waals surface area contributed by atoms with Crippen molar-refractivity contribution in [2.24, 2.45) is 5.10 Å². The number of hydrogen-bond acceptors (Lipinski definition) is 6. The number of nitrogens with zero attached hydrogens (tertiary/aromatic N) is 1. The van der Waals surface area contributed by atoms with E-state index in [-0.39, 0.29) is 12.3 Å². The molecule has 0 aromatic heterocycles. The number of carbonyl (C=O) groups is 3. The fourth-order valence-electron chi connectivity index (χ4n) is 3.02. The van der Waals surface area contributed by atoms with Crippen LogP contribution >= 0.6 is 0 Å². The zero-order valence-electron chi connectivity index (χ0n) is 19.1. The maximum Gasteiger partial charge on any atom is 0.343 e. The third-order valence-electron chi connectivity index (χ3n) is 4.87. The molecule has 0 aliphatic carbocycles. The van der Waals surface area contributed by atoms with Crippen LogP contribution in [0.25, 0.3) is 0 Å². The molecule has 0 aliphatic heterocycles. The Morgan fingerprint density at radius 1 is 0.853 bits per heavy atom. The molecule has 3 rings (SSSR count). The number of hydrazone groups is 1. The minimum Gasteiger partial charge on any atom is -0.493 e. The minimum absolute atomic E-state index is 0.232. The molecule has 0 atom stereocenters. The number of ether oxygens (including phenoxy) is 2. The van der Waals surface area contributed by atoms with E-state index < -0.39 is 17.8 Å². The molecule has 3 aromatic rings. The second kappa shape index (κ2) is 11.4. The summed E-state index contributed by atoms with van der Waals surface area (Å²) in [4.78, 5) is 36.5. The summed E-state index contributed by atoms with van der Waals surface area (Å²) < 4.78 is 10.8. The molecule has 0 saturated heterocycles. The predicted octanol–water partition coefficient (Wildman–Crippen LogP) is 3.38. The molecule has 3 aromatic carbocycles. The van der Waals surface area contributed by atoms with Crippen LogP contribution < -0.4 is 20.2 Å². The standard InChI is InChI=1S/C26H25N3O5/c1-17-8-7-11-21(14-17)26(32)34-22-13-12-20(15-23(22)33-3)18(2)28-29-25(31)24(30)27-16-19-9-5-4-6-10-19/h4-15H,16H2,1-3H3,(H,27,30)(H,29,31)/b28-18+. The predicted molar refractivity (Wildman–Crippen MR) is 128 cm³/mol. The molecule has 0 fully saturated rings. The second-order valence-electron chi connectivity index (χ2n) is 7.43. The summed E-state index contributed by atoms with van der Waals surface area (Å²) >= 11 is 0. The Balaban J connectivity index is 1.62. The highest BCUT2D eigenvalue weighted by Gasteiger charge is 2.15. The third-order valence-corrected chi connectivity index (χ3v) is 4.87. The number of amides is 2. The average molecular weight is 460 g/mol. The smallest absolute Gasteiger partial charge is 0.343 e. The Morgan fingerprint density at radius 3 is 2.32 bits per heavy atom. The normalized spacial score (nSPS) is 10.9. The average Bonchev–Trinajstić information content (AvgIpc) is 2.86. The van der Waals surface area contributed by atoms with Gasteiger partial charge in [0.1, 0.15) is 0 Å². The Morgan fingerprint density at radius 2 is 1.62 bits per heavy atom. The summed E-state index contributed by atoms with van der Waals surface area (Å²) in [5.41, 5.74) is 5.52. The van der Waals surface area contributed by atoms with Crippen molar-refractivity contribution in [2.45, 2.75) is 20.4 Å². The van der Waals surface area contributed by atoms with Crippen molar-refractivity contribution >= 4 is 23.5 Å². The van der Waals surface area contributed by atoms with Gasteiger partial charge in [-0.25, -0.2) is 10.2 Å². The van der Waals surface area contributed by atoms with Gasteiger partial charge >= 0.3 is 17.8 Å². The Kier molecular flexibility index (Phi) is 8.12. The first-order valence-electron chi connectivity index (χ1n) is 10.5. The SMILES string of the molecule is COc1cc(/C(C)=N/NC(=O)C(=O)NCc2ccccc2)ccc1OC(=O)c1cccc(C)c1. The van der Waals surface area contributed by atoms with Gasteiger partial charge in [0.15, 0.2) is 11.5 Å². The van der Waals surface area contributed by atoms with E-state index in [2.05, 4.69) is 15.8 Å². The molecule has 8 nitrogen and oxygen atoms in total. The summed E-state index contributed by atoms with van der Waals surface area (Å²) in [5, 5.41) is 6.52. The minimum atomic E-state index is -0.883. The second-order valence-corrected chi connectivity index (χ2v) is 7.43. The van der Waals surface area contributed by atoms with Crippen molar-refractivity contribution in [3.05, 3.63) is 95.1 Å². The monoisotopic (exact) mass is 459 g/mol. The van der Waals surface area contributed by atoms with Gasteiger partial charge in [0.25, 0.3) is 0 Å². The van der Waals surface area contributed by atoms with Gasteiger partial charge in [0, 0.05) is 12.1 Å². The lowest BCUT2D eigenvalue weighted by molar-refractivity contribution is -0.139. The summed E-state index contributed by atoms with van der Waals surface area (Å²) in [6.45, 7) is 3.78. The Bertz CT molecular complexity index is 1220. The number of rotatable bonds is 7. The molecule has 2 amide bonds. The summed E-state index contributed by atoms with van der Waals surface area (Å²) in [6, 6.07) is 21.2. The molecule has 34 heavy (non-hydrogen) atoms. The first-order chi connectivity index (χ1) is 16.4. The number of carbonyl (C=O) groups excluding carboxylic acids is 3. The van der Waals surface area contributed by atoms with E-state index in [1.54, 1.807) is 43.3 Å². The quantitative estimate of drug-likeness (QED) is 0.185. The lowest BCUT2D eigenvalue weighted by Crippen LogP contribution is -2.37. The molecule has 0 spiro atoms. The van der Waals surface area contributed by atoms with Crippen molar-refractivity contribution in [1.82, 2.24) is 10.7 Å². The van der Waals surface area contributed by atoms with Gasteiger partial charge in [0.05, 0.1) is 18.4 Å². The summed E-state index contributed by atoms with van der Waals surface area (Å²) in [6.07, 6.45) is 0. The number of methoxy groups -OCH3 is 1. The van der Waals surface area contributed by atoms with Crippen LogP contribution in [0.3, 0.4) is 0 Å². The first-order valence-corrected chi connectivity index (χ1v) is 10.5. The van der Waals surface area contributed by atoms with Gasteiger partial charge < -0.3 is 14.8 Å². The maximum absolute atomic E-state index is 12.5. The number of hydrogen-bond donors (Lipinski definition) is 2. The van der Waals surface area contributed by atoms with Crippen LogP contribution in [0.5, 0.6) is 11.5 Å². The molecule has 174 valence electrons. The van der Waals surface area contributed by atoms with E-state index in [1.165, 1.54) is 7.11 Å². The van der Waals surface area contributed by atoms with Gasteiger partial charge in [-0.15, -0.1) is 0 Å². The fourth-order valence-corrected chi connectivity index (χ4v) is 3.02. The van der Waals surface area contributed by atoms with E-state index in [1.807, 2.05) is 43.3 Å². The van der Waals surface area contributed by atoms with Crippen LogP contribution in [-0.2, 0) is 16.1 Å². The molecule has 8 heteroatoms. The Hall–Kier alpha value is -4.46. The van der Waals surface area contributed by atoms with Gasteiger partial charge in [-0.2, -0.15) is 5.10 Å². The van der Waals surface area contributed by atoms with Crippen molar-refractivity contribution in [1.29, 1.82) is 0 Å². The van der Waals surface area contributed by atoms with Crippen LogP contribution in [0.4, 0.5) is 0 Å². The van der Waals surface area contributed by atoms with Crippen molar-refractivity contribution in [3.8, 4) is 11.5 Å². The summed E-state index contributed by atoms with van der Waals surface area (Å²) in [7, 11) is 1.45. The van der Waals surface area contributed by atoms with Crippen molar-refractivity contribution in [2.75, 3.05) is 7.11 Å². The molecule has 0 unspecified atom stereocenters. The molecule has 2 N–H and O–H groups in total. The fraction of sp³-hybridized carbons (Fsp3) is 0.154. The van der Waals surface area contributed by atoms with Gasteiger partial charge in [-0.3, -0.25) is 9.59 Å². The van der Waals surface area contributed by atoms with Gasteiger partial charge in [-0.05, 0) is 49.7 Å². The van der Waals surface area contributed by atoms with Crippen LogP contribution in [-0.4, -0.2) is 30.6 Å². The number of aryl methyl sites for hydroxylation is 1. The van der Waals surface area contributed by atoms with Crippen molar-refractivity contribution in [3.63, 3.8) is 0 Å². The molecular weight excluding hydrogens is 434 g/mol. The molecule has 0 saturated carbocycles. The lowest BCUT2D eigenvalue weighted by atomic mass is 10.1. The van der Waals surface area contributed by atoms with E-state index in [9.17, 15) is 14.4 Å². The third kappa shape index (κ3) is 6.52. The lowest BCUT2D eigenvalue weighted by Gasteiger charge is -2.11. The Labute approximate surface area is 197 Å². The van der Waals surface area contributed by atoms with E-state index >= 15 is 0 Å². The zero-order chi connectivity index (χ0) is 24.5. The topological polar surface area (TPSA) is 106 Å². The van der Waals surface area contributed by atoms with Crippen LogP contribution in [0.15, 0.2) is 77.9 Å². The van der Waals surface area contributed by atoms with Crippen LogP contribution in [0.2, 0.25) is 0 Å². The van der Waals surface area contributed by atoms with Crippen LogP contribution in [0, 0.1) is 6.92 Å².